The molecule has 1 amide bonds. The summed E-state index contributed by atoms with van der Waals surface area (Å²) in [6.07, 6.45) is 6.27. The second kappa shape index (κ2) is 8.07. The van der Waals surface area contributed by atoms with Crippen LogP contribution in [0.25, 0.3) is 11.0 Å². The number of pyridine rings is 1. The molecule has 3 aromatic rings. The summed E-state index contributed by atoms with van der Waals surface area (Å²) in [5.41, 5.74) is 3.84. The minimum absolute atomic E-state index is 0.213. The first kappa shape index (κ1) is 19.2. The third-order valence-electron chi connectivity index (χ3n) is 5.29. The number of fused-ring (bicyclic) bond motifs is 3. The number of amides is 1. The van der Waals surface area contributed by atoms with Crippen molar-refractivity contribution in [3.8, 4) is 5.75 Å². The molecule has 2 aromatic heterocycles. The van der Waals surface area contributed by atoms with Crippen LogP contribution in [-0.4, -0.2) is 17.0 Å². The largest absolute Gasteiger partial charge is 0.480 e. The molecule has 1 aliphatic carbocycles. The molecular weight excluding hydrogens is 368 g/mol. The van der Waals surface area contributed by atoms with Crippen molar-refractivity contribution in [3.63, 3.8) is 0 Å². The van der Waals surface area contributed by atoms with E-state index in [1.807, 2.05) is 31.2 Å². The zero-order chi connectivity index (χ0) is 20.4. The van der Waals surface area contributed by atoms with Crippen molar-refractivity contribution in [3.05, 3.63) is 69.3 Å². The van der Waals surface area contributed by atoms with Crippen molar-refractivity contribution in [1.82, 2.24) is 10.3 Å². The lowest BCUT2D eigenvalue weighted by atomic mass is 9.90. The number of aryl methyl sites for hydroxylation is 2. The van der Waals surface area contributed by atoms with Crippen LogP contribution < -0.4 is 15.7 Å². The Morgan fingerprint density at radius 2 is 2.07 bits per heavy atom. The lowest BCUT2D eigenvalue weighted by molar-refractivity contribution is -0.127. The standard InChI is InChI=1S/C23H24N2O4/c1-14-10-19(28-15(2)22(26)25-13-16-6-5-9-24-12-16)21-17-7-3-4-8-18(17)23(27)29-20(21)11-14/h5-6,9-12,15H,3-4,7-8,13H2,1-2H3,(H,25,26)/t15-/m0/s1. The van der Waals surface area contributed by atoms with Gasteiger partial charge in [0.1, 0.15) is 11.3 Å². The Balaban J connectivity index is 1.61. The zero-order valence-corrected chi connectivity index (χ0v) is 16.7. The van der Waals surface area contributed by atoms with E-state index in [2.05, 4.69) is 10.3 Å². The van der Waals surface area contributed by atoms with E-state index in [4.69, 9.17) is 9.15 Å². The van der Waals surface area contributed by atoms with Crippen molar-refractivity contribution in [2.75, 3.05) is 0 Å². The second-order valence-corrected chi connectivity index (χ2v) is 7.53. The van der Waals surface area contributed by atoms with Crippen LogP contribution in [0.2, 0.25) is 0 Å². The van der Waals surface area contributed by atoms with Gasteiger partial charge in [-0.05, 0) is 74.4 Å². The van der Waals surface area contributed by atoms with Crippen molar-refractivity contribution >= 4 is 16.9 Å². The third kappa shape index (κ3) is 4.01. The van der Waals surface area contributed by atoms with Gasteiger partial charge in [-0.25, -0.2) is 4.79 Å². The molecule has 2 heterocycles. The highest BCUT2D eigenvalue weighted by molar-refractivity contribution is 5.89. The second-order valence-electron chi connectivity index (χ2n) is 7.53. The minimum Gasteiger partial charge on any atom is -0.480 e. The molecule has 6 nitrogen and oxygen atoms in total. The SMILES string of the molecule is Cc1cc(O[C@@H](C)C(=O)NCc2cccnc2)c2c3c(c(=O)oc2c1)CCCC3. The molecule has 0 bridgehead atoms. The molecule has 6 heteroatoms. The normalized spacial score (nSPS) is 14.3. The summed E-state index contributed by atoms with van der Waals surface area (Å²) in [5, 5.41) is 3.69. The van der Waals surface area contributed by atoms with Gasteiger partial charge in [0.25, 0.3) is 5.91 Å². The van der Waals surface area contributed by atoms with Gasteiger partial charge in [-0.2, -0.15) is 0 Å². The number of hydrogen-bond acceptors (Lipinski definition) is 5. The summed E-state index contributed by atoms with van der Waals surface area (Å²) in [5.74, 6) is 0.376. The van der Waals surface area contributed by atoms with E-state index in [-0.39, 0.29) is 11.5 Å². The van der Waals surface area contributed by atoms with Crippen LogP contribution >= 0.6 is 0 Å². The van der Waals surface area contributed by atoms with Gasteiger partial charge < -0.3 is 14.5 Å². The van der Waals surface area contributed by atoms with Crippen LogP contribution in [0.1, 0.15) is 42.0 Å². The number of benzene rings is 1. The van der Waals surface area contributed by atoms with Gasteiger partial charge in [0.15, 0.2) is 6.10 Å². The zero-order valence-electron chi connectivity index (χ0n) is 16.7. The molecule has 0 radical (unpaired) electrons. The van der Waals surface area contributed by atoms with Crippen LogP contribution in [-0.2, 0) is 24.2 Å². The Bertz CT molecular complexity index is 1110. The molecule has 0 unspecified atom stereocenters. The molecular formula is C23H24N2O4. The average Bonchev–Trinajstić information content (AvgIpc) is 2.72. The molecule has 1 N–H and O–H groups in total. The van der Waals surface area contributed by atoms with Crippen molar-refractivity contribution < 1.29 is 13.9 Å². The summed E-state index contributed by atoms with van der Waals surface area (Å²) in [6, 6.07) is 7.49. The van der Waals surface area contributed by atoms with E-state index in [0.717, 1.165) is 53.3 Å². The summed E-state index contributed by atoms with van der Waals surface area (Å²) in [7, 11) is 0. The van der Waals surface area contributed by atoms with Crippen LogP contribution in [0.5, 0.6) is 5.75 Å². The molecule has 0 spiro atoms. The Kier molecular flexibility index (Phi) is 5.34. The van der Waals surface area contributed by atoms with Crippen molar-refractivity contribution in [2.24, 2.45) is 0 Å². The van der Waals surface area contributed by atoms with Crippen LogP contribution in [0, 0.1) is 6.92 Å². The van der Waals surface area contributed by atoms with E-state index in [1.165, 1.54) is 0 Å². The summed E-state index contributed by atoms with van der Waals surface area (Å²) in [4.78, 5) is 29.0. The highest BCUT2D eigenvalue weighted by Crippen LogP contribution is 2.35. The van der Waals surface area contributed by atoms with Gasteiger partial charge in [0.2, 0.25) is 0 Å². The predicted octanol–water partition coefficient (Wildman–Crippen LogP) is 3.46. The molecule has 150 valence electrons. The van der Waals surface area contributed by atoms with E-state index in [1.54, 1.807) is 19.3 Å². The smallest absolute Gasteiger partial charge is 0.339 e. The number of nitrogens with one attached hydrogen (secondary N) is 1. The van der Waals surface area contributed by atoms with Crippen LogP contribution in [0.15, 0.2) is 45.9 Å². The highest BCUT2D eigenvalue weighted by atomic mass is 16.5. The third-order valence-corrected chi connectivity index (χ3v) is 5.29. The number of aromatic nitrogens is 1. The lowest BCUT2D eigenvalue weighted by Crippen LogP contribution is -2.36. The van der Waals surface area contributed by atoms with Gasteiger partial charge in [-0.1, -0.05) is 6.07 Å². The predicted molar refractivity (Wildman–Crippen MR) is 110 cm³/mol. The highest BCUT2D eigenvalue weighted by Gasteiger charge is 2.23. The Morgan fingerprint density at radius 1 is 1.28 bits per heavy atom. The quantitative estimate of drug-likeness (QED) is 0.673. The summed E-state index contributed by atoms with van der Waals surface area (Å²) in [6.45, 7) is 4.02. The Hall–Kier alpha value is -3.15. The first-order valence-corrected chi connectivity index (χ1v) is 9.95. The average molecular weight is 392 g/mol. The van der Waals surface area contributed by atoms with E-state index in [0.29, 0.717) is 17.9 Å². The fraction of sp³-hybridized carbons (Fsp3) is 0.348. The van der Waals surface area contributed by atoms with Gasteiger partial charge >= 0.3 is 5.63 Å². The molecule has 1 aliphatic rings. The minimum atomic E-state index is -0.692. The van der Waals surface area contributed by atoms with E-state index < -0.39 is 6.10 Å². The van der Waals surface area contributed by atoms with Crippen LogP contribution in [0.3, 0.4) is 0 Å². The summed E-state index contributed by atoms with van der Waals surface area (Å²) < 4.78 is 11.7. The molecule has 0 fully saturated rings. The van der Waals surface area contributed by atoms with Crippen molar-refractivity contribution in [1.29, 1.82) is 0 Å². The molecule has 0 saturated heterocycles. The summed E-state index contributed by atoms with van der Waals surface area (Å²) >= 11 is 0. The van der Waals surface area contributed by atoms with Gasteiger partial charge in [0, 0.05) is 24.5 Å². The number of carbonyl (C=O) groups is 1. The van der Waals surface area contributed by atoms with E-state index in [9.17, 15) is 9.59 Å². The molecule has 1 aromatic carbocycles. The Labute approximate surface area is 168 Å². The maximum absolute atomic E-state index is 12.6. The van der Waals surface area contributed by atoms with E-state index >= 15 is 0 Å². The number of nitrogens with zero attached hydrogens (tertiary/aromatic N) is 1. The van der Waals surface area contributed by atoms with Crippen LogP contribution in [0.4, 0.5) is 0 Å². The molecule has 0 saturated carbocycles. The lowest BCUT2D eigenvalue weighted by Gasteiger charge is -2.21. The fourth-order valence-electron chi connectivity index (χ4n) is 3.84. The number of carbonyl (C=O) groups excluding carboxylic acids is 1. The molecule has 29 heavy (non-hydrogen) atoms. The number of hydrogen-bond donors (Lipinski definition) is 1. The number of ether oxygens (including phenoxy) is 1. The molecule has 1 atom stereocenters. The maximum atomic E-state index is 12.6. The van der Waals surface area contributed by atoms with Crippen molar-refractivity contribution in [2.45, 2.75) is 52.2 Å². The number of rotatable bonds is 5. The van der Waals surface area contributed by atoms with Gasteiger partial charge in [-0.3, -0.25) is 9.78 Å². The molecule has 0 aliphatic heterocycles. The first-order chi connectivity index (χ1) is 14.0. The van der Waals surface area contributed by atoms with Gasteiger partial charge in [0.05, 0.1) is 5.39 Å². The Morgan fingerprint density at radius 3 is 2.83 bits per heavy atom. The maximum Gasteiger partial charge on any atom is 0.339 e. The topological polar surface area (TPSA) is 81.4 Å². The fourth-order valence-corrected chi connectivity index (χ4v) is 3.84. The van der Waals surface area contributed by atoms with Gasteiger partial charge in [-0.15, -0.1) is 0 Å². The molecule has 4 rings (SSSR count). The first-order valence-electron chi connectivity index (χ1n) is 9.95. The monoisotopic (exact) mass is 392 g/mol.